The summed E-state index contributed by atoms with van der Waals surface area (Å²) in [5, 5.41) is 0. The zero-order valence-corrected chi connectivity index (χ0v) is 13.3. The Morgan fingerprint density at radius 1 is 1.20 bits per heavy atom. The van der Waals surface area contributed by atoms with Gasteiger partial charge in [0, 0.05) is 13.5 Å². The van der Waals surface area contributed by atoms with Crippen molar-refractivity contribution in [1.82, 2.24) is 4.90 Å². The zero-order valence-electron chi connectivity index (χ0n) is 13.3. The Hall–Kier alpha value is -1.35. The molecule has 1 aromatic rings. The molecule has 0 saturated carbocycles. The Labute approximate surface area is 122 Å². The smallest absolute Gasteiger partial charge is 0.234 e. The van der Waals surface area contributed by atoms with Crippen LogP contribution in [-0.2, 0) is 11.3 Å². The first-order valence-corrected chi connectivity index (χ1v) is 7.49. The molecule has 3 heteroatoms. The van der Waals surface area contributed by atoms with Crippen LogP contribution in [0.15, 0.2) is 12.1 Å². The Balaban J connectivity index is 2.11. The fraction of sp³-hybridized carbons (Fsp3) is 0.588. The van der Waals surface area contributed by atoms with Crippen LogP contribution in [0.2, 0.25) is 0 Å². The third-order valence-corrected chi connectivity index (χ3v) is 4.00. The van der Waals surface area contributed by atoms with E-state index in [4.69, 9.17) is 4.74 Å². The Morgan fingerprint density at radius 2 is 1.90 bits per heavy atom. The van der Waals surface area contributed by atoms with Gasteiger partial charge in [0.25, 0.3) is 0 Å². The van der Waals surface area contributed by atoms with Crippen molar-refractivity contribution in [2.24, 2.45) is 0 Å². The van der Waals surface area contributed by atoms with Gasteiger partial charge in [0.1, 0.15) is 13.1 Å². The Bertz CT molecular complexity index is 471. The molecule has 1 aliphatic heterocycles. The number of methoxy groups -OCH3 is 1. The molecule has 0 radical (unpaired) electrons. The van der Waals surface area contributed by atoms with Gasteiger partial charge in [-0.25, -0.2) is 0 Å². The maximum atomic E-state index is 5.17. The highest BCUT2D eigenvalue weighted by atomic mass is 16.5. The lowest BCUT2D eigenvalue weighted by Crippen LogP contribution is -2.37. The highest BCUT2D eigenvalue weighted by Crippen LogP contribution is 2.17. The average Bonchev–Trinajstić information content (AvgIpc) is 2.41. The first-order chi connectivity index (χ1) is 9.60. The molecule has 0 N–H and O–H groups in total. The average molecular weight is 275 g/mol. The molecule has 20 heavy (non-hydrogen) atoms. The molecule has 0 aromatic heterocycles. The Kier molecular flexibility index (Phi) is 5.18. The largest absolute Gasteiger partial charge is 0.381 e. The fourth-order valence-corrected chi connectivity index (χ4v) is 2.98. The third kappa shape index (κ3) is 3.83. The minimum absolute atomic E-state index is 0.799. The van der Waals surface area contributed by atoms with Gasteiger partial charge in [-0.15, -0.1) is 0 Å². The van der Waals surface area contributed by atoms with Crippen LogP contribution in [0.1, 0.15) is 28.7 Å². The lowest BCUT2D eigenvalue weighted by atomic mass is 9.99. The maximum absolute atomic E-state index is 5.17. The van der Waals surface area contributed by atoms with Gasteiger partial charge in [0.05, 0.1) is 19.7 Å². The van der Waals surface area contributed by atoms with Gasteiger partial charge >= 0.3 is 0 Å². The summed E-state index contributed by atoms with van der Waals surface area (Å²) in [6, 6.07) is 4.57. The van der Waals surface area contributed by atoms with Gasteiger partial charge in [-0.3, -0.25) is 9.48 Å². The van der Waals surface area contributed by atoms with E-state index in [0.717, 1.165) is 32.8 Å². The van der Waals surface area contributed by atoms with Crippen molar-refractivity contribution in [2.45, 2.75) is 33.7 Å². The molecule has 2 rings (SSSR count). The van der Waals surface area contributed by atoms with Gasteiger partial charge < -0.3 is 4.74 Å². The first-order valence-electron chi connectivity index (χ1n) is 7.49. The summed E-state index contributed by atoms with van der Waals surface area (Å²) in [6.45, 7) is 11.7. The minimum atomic E-state index is 0.799. The van der Waals surface area contributed by atoms with E-state index in [1.54, 1.807) is 7.11 Å². The molecule has 0 bridgehead atoms. The molecule has 0 atom stereocenters. The standard InChI is InChI=1S/C17H27N2O/c1-14-10-15(2)17(16(3)11-14)12-19-7-5-6-18(13-19)8-9-20-4/h10-11,13H,5-9,12H2,1-4H3/q+1. The molecule has 0 unspecified atom stereocenters. The lowest BCUT2D eigenvalue weighted by molar-refractivity contribution is -0.549. The highest BCUT2D eigenvalue weighted by molar-refractivity contribution is 5.49. The molecular weight excluding hydrogens is 248 g/mol. The second-order valence-electron chi connectivity index (χ2n) is 5.85. The number of aryl methyl sites for hydroxylation is 3. The Morgan fingerprint density at radius 3 is 2.55 bits per heavy atom. The van der Waals surface area contributed by atoms with Gasteiger partial charge in [0.15, 0.2) is 0 Å². The lowest BCUT2D eigenvalue weighted by Gasteiger charge is -2.21. The second-order valence-corrected chi connectivity index (χ2v) is 5.85. The van der Waals surface area contributed by atoms with Crippen LogP contribution >= 0.6 is 0 Å². The predicted octanol–water partition coefficient (Wildman–Crippen LogP) is 2.50. The molecule has 1 aromatic carbocycles. The van der Waals surface area contributed by atoms with Crippen LogP contribution in [0.3, 0.4) is 0 Å². The van der Waals surface area contributed by atoms with Crippen molar-refractivity contribution in [3.05, 3.63) is 34.4 Å². The van der Waals surface area contributed by atoms with Crippen molar-refractivity contribution < 1.29 is 9.31 Å². The topological polar surface area (TPSA) is 15.5 Å². The molecule has 0 saturated heterocycles. The van der Waals surface area contributed by atoms with Crippen LogP contribution in [-0.4, -0.2) is 49.2 Å². The van der Waals surface area contributed by atoms with Crippen LogP contribution < -0.4 is 0 Å². The number of rotatable bonds is 5. The fourth-order valence-electron chi connectivity index (χ4n) is 2.98. The molecule has 3 nitrogen and oxygen atoms in total. The molecule has 0 fully saturated rings. The first kappa shape index (κ1) is 15.0. The van der Waals surface area contributed by atoms with Crippen LogP contribution in [0.4, 0.5) is 0 Å². The third-order valence-electron chi connectivity index (χ3n) is 4.00. The summed E-state index contributed by atoms with van der Waals surface area (Å²) in [5.74, 6) is 0. The van der Waals surface area contributed by atoms with E-state index >= 15 is 0 Å². The molecule has 0 spiro atoms. The molecule has 0 amide bonds. The van der Waals surface area contributed by atoms with E-state index in [0.29, 0.717) is 0 Å². The summed E-state index contributed by atoms with van der Waals surface area (Å²) < 4.78 is 7.60. The zero-order chi connectivity index (χ0) is 14.5. The summed E-state index contributed by atoms with van der Waals surface area (Å²) >= 11 is 0. The van der Waals surface area contributed by atoms with Crippen molar-refractivity contribution in [2.75, 3.05) is 33.4 Å². The van der Waals surface area contributed by atoms with Gasteiger partial charge in [-0.1, -0.05) is 17.7 Å². The minimum Gasteiger partial charge on any atom is -0.381 e. The monoisotopic (exact) mass is 275 g/mol. The molecule has 0 aliphatic carbocycles. The van der Waals surface area contributed by atoms with Crippen molar-refractivity contribution in [1.29, 1.82) is 0 Å². The SMILES string of the molecule is COCCN1C=[N+](Cc2c(C)cc(C)cc2C)CCC1. The maximum Gasteiger partial charge on any atom is 0.234 e. The number of hydrogen-bond donors (Lipinski definition) is 0. The van der Waals surface area contributed by atoms with E-state index < -0.39 is 0 Å². The van der Waals surface area contributed by atoms with Crippen molar-refractivity contribution >= 4 is 6.34 Å². The van der Waals surface area contributed by atoms with Crippen molar-refractivity contribution in [3.8, 4) is 0 Å². The molecule has 1 aliphatic rings. The summed E-state index contributed by atoms with van der Waals surface area (Å²) in [5.41, 5.74) is 5.64. The van der Waals surface area contributed by atoms with E-state index in [2.05, 4.69) is 48.7 Å². The van der Waals surface area contributed by atoms with Crippen molar-refractivity contribution in [3.63, 3.8) is 0 Å². The molecule has 1 heterocycles. The number of hydrogen-bond acceptors (Lipinski definition) is 2. The van der Waals surface area contributed by atoms with Crippen LogP contribution in [0.25, 0.3) is 0 Å². The quantitative estimate of drug-likeness (QED) is 0.767. The number of ether oxygens (including phenoxy) is 1. The molecular formula is C17H27N2O+. The van der Waals surface area contributed by atoms with Gasteiger partial charge in [-0.2, -0.15) is 0 Å². The van der Waals surface area contributed by atoms with E-state index in [9.17, 15) is 0 Å². The number of benzene rings is 1. The highest BCUT2D eigenvalue weighted by Gasteiger charge is 2.17. The second kappa shape index (κ2) is 6.89. The summed E-state index contributed by atoms with van der Waals surface area (Å²) in [4.78, 5) is 2.37. The predicted molar refractivity (Wildman–Crippen MR) is 83.6 cm³/mol. The van der Waals surface area contributed by atoms with Crippen LogP contribution in [0, 0.1) is 20.8 Å². The van der Waals surface area contributed by atoms with E-state index in [1.165, 1.54) is 28.7 Å². The summed E-state index contributed by atoms with van der Waals surface area (Å²) in [6.07, 6.45) is 3.51. The molecule has 110 valence electrons. The van der Waals surface area contributed by atoms with Gasteiger partial charge in [-0.05, 0) is 37.5 Å². The van der Waals surface area contributed by atoms with Crippen LogP contribution in [0.5, 0.6) is 0 Å². The van der Waals surface area contributed by atoms with E-state index in [-0.39, 0.29) is 0 Å². The van der Waals surface area contributed by atoms with E-state index in [1.807, 2.05) is 0 Å². The normalized spacial score (nSPS) is 15.4. The summed E-state index contributed by atoms with van der Waals surface area (Å²) in [7, 11) is 1.76. The van der Waals surface area contributed by atoms with Gasteiger partial charge in [0.2, 0.25) is 6.34 Å². The number of nitrogens with zero attached hydrogens (tertiary/aromatic N) is 2.